The van der Waals surface area contributed by atoms with Crippen molar-refractivity contribution < 1.29 is 19.2 Å². The molecule has 1 N–H and O–H groups in total. The Labute approximate surface area is 173 Å². The predicted molar refractivity (Wildman–Crippen MR) is 115 cm³/mol. The monoisotopic (exact) mass is 407 g/mol. The number of hydrogen-bond donors (Lipinski definition) is 1. The molecule has 1 amide bonds. The van der Waals surface area contributed by atoms with Gasteiger partial charge in [0.15, 0.2) is 6.10 Å². The van der Waals surface area contributed by atoms with E-state index in [-0.39, 0.29) is 11.3 Å². The molecular formula is C22H21N3O5. The van der Waals surface area contributed by atoms with Crippen LogP contribution in [0.25, 0.3) is 10.8 Å². The first-order valence-corrected chi connectivity index (χ1v) is 9.23. The van der Waals surface area contributed by atoms with Crippen LogP contribution in [-0.2, 0) is 9.53 Å². The van der Waals surface area contributed by atoms with E-state index >= 15 is 0 Å². The Morgan fingerprint density at radius 2 is 1.77 bits per heavy atom. The van der Waals surface area contributed by atoms with Crippen molar-refractivity contribution in [2.75, 3.05) is 24.3 Å². The fraction of sp³-hybridized carbons (Fsp3) is 0.182. The van der Waals surface area contributed by atoms with E-state index in [1.807, 2.05) is 36.4 Å². The van der Waals surface area contributed by atoms with Crippen LogP contribution < -0.4 is 10.2 Å². The molecule has 8 heteroatoms. The number of carbonyl (C=O) groups excluding carboxylic acids is 2. The van der Waals surface area contributed by atoms with Gasteiger partial charge in [-0.15, -0.1) is 0 Å². The lowest BCUT2D eigenvalue weighted by Gasteiger charge is -2.16. The molecule has 0 bridgehead atoms. The minimum Gasteiger partial charge on any atom is -0.449 e. The maximum Gasteiger partial charge on any atom is 0.339 e. The third kappa shape index (κ3) is 4.38. The van der Waals surface area contributed by atoms with Gasteiger partial charge in [-0.2, -0.15) is 0 Å². The molecule has 0 radical (unpaired) electrons. The van der Waals surface area contributed by atoms with Crippen molar-refractivity contribution in [3.63, 3.8) is 0 Å². The van der Waals surface area contributed by atoms with Crippen LogP contribution in [0.15, 0.2) is 60.7 Å². The van der Waals surface area contributed by atoms with Gasteiger partial charge in [-0.1, -0.05) is 36.4 Å². The van der Waals surface area contributed by atoms with Gasteiger partial charge in [0, 0.05) is 31.2 Å². The van der Waals surface area contributed by atoms with Crippen LogP contribution in [0.2, 0.25) is 0 Å². The zero-order valence-electron chi connectivity index (χ0n) is 16.8. The molecule has 0 heterocycles. The number of nitrogens with zero attached hydrogens (tertiary/aromatic N) is 2. The van der Waals surface area contributed by atoms with Gasteiger partial charge in [0.1, 0.15) is 5.69 Å². The molecule has 0 aromatic heterocycles. The molecule has 8 nitrogen and oxygen atoms in total. The van der Waals surface area contributed by atoms with Crippen molar-refractivity contribution in [3.8, 4) is 0 Å². The van der Waals surface area contributed by atoms with Crippen LogP contribution in [0.4, 0.5) is 17.1 Å². The van der Waals surface area contributed by atoms with Crippen LogP contribution >= 0.6 is 0 Å². The van der Waals surface area contributed by atoms with Gasteiger partial charge in [0.25, 0.3) is 11.6 Å². The quantitative estimate of drug-likeness (QED) is 0.376. The van der Waals surface area contributed by atoms with Crippen molar-refractivity contribution in [3.05, 3.63) is 76.3 Å². The summed E-state index contributed by atoms with van der Waals surface area (Å²) in [7, 11) is 3.33. The predicted octanol–water partition coefficient (Wildman–Crippen LogP) is 4.00. The van der Waals surface area contributed by atoms with E-state index in [1.165, 1.54) is 19.1 Å². The average molecular weight is 407 g/mol. The smallest absolute Gasteiger partial charge is 0.339 e. The second kappa shape index (κ2) is 8.60. The number of hydrogen-bond acceptors (Lipinski definition) is 6. The second-order valence-corrected chi connectivity index (χ2v) is 6.92. The largest absolute Gasteiger partial charge is 0.449 e. The minimum absolute atomic E-state index is 0.00268. The number of ether oxygens (including phenoxy) is 1. The summed E-state index contributed by atoms with van der Waals surface area (Å²) < 4.78 is 5.23. The summed E-state index contributed by atoms with van der Waals surface area (Å²) in [4.78, 5) is 37.3. The summed E-state index contributed by atoms with van der Waals surface area (Å²) in [5, 5.41) is 15.9. The Kier molecular flexibility index (Phi) is 5.96. The maximum atomic E-state index is 12.5. The summed E-state index contributed by atoms with van der Waals surface area (Å²) in [6, 6.07) is 17.1. The highest BCUT2D eigenvalue weighted by Crippen LogP contribution is 2.28. The molecule has 3 rings (SSSR count). The topological polar surface area (TPSA) is 102 Å². The highest BCUT2D eigenvalue weighted by atomic mass is 16.6. The van der Waals surface area contributed by atoms with Gasteiger partial charge in [-0.05, 0) is 30.5 Å². The summed E-state index contributed by atoms with van der Waals surface area (Å²) in [6.45, 7) is 1.45. The van der Waals surface area contributed by atoms with Gasteiger partial charge >= 0.3 is 5.97 Å². The van der Waals surface area contributed by atoms with E-state index in [0.717, 1.165) is 16.8 Å². The van der Waals surface area contributed by atoms with Gasteiger partial charge in [0.2, 0.25) is 0 Å². The molecule has 0 unspecified atom stereocenters. The first-order valence-electron chi connectivity index (χ1n) is 9.23. The second-order valence-electron chi connectivity index (χ2n) is 6.92. The van der Waals surface area contributed by atoms with E-state index in [1.54, 1.807) is 25.1 Å². The molecule has 0 spiro atoms. The van der Waals surface area contributed by atoms with E-state index in [9.17, 15) is 19.7 Å². The number of anilines is 2. The SMILES string of the molecule is C[C@@H](OC(=O)c1ccc(N(C)C)c([N+](=O)[O-])c1)C(=O)Nc1cccc2ccccc12. The molecule has 30 heavy (non-hydrogen) atoms. The molecule has 0 saturated heterocycles. The molecule has 1 atom stereocenters. The molecule has 3 aromatic rings. The third-order valence-corrected chi connectivity index (χ3v) is 4.59. The first-order chi connectivity index (χ1) is 14.3. The van der Waals surface area contributed by atoms with E-state index in [0.29, 0.717) is 11.4 Å². The highest BCUT2D eigenvalue weighted by molar-refractivity contribution is 6.04. The first kappa shape index (κ1) is 20.8. The van der Waals surface area contributed by atoms with Crippen molar-refractivity contribution in [1.29, 1.82) is 0 Å². The summed E-state index contributed by atoms with van der Waals surface area (Å²) >= 11 is 0. The van der Waals surface area contributed by atoms with Crippen molar-refractivity contribution in [2.45, 2.75) is 13.0 Å². The lowest BCUT2D eigenvalue weighted by Crippen LogP contribution is -2.30. The maximum absolute atomic E-state index is 12.5. The van der Waals surface area contributed by atoms with Crippen LogP contribution in [-0.4, -0.2) is 37.0 Å². The lowest BCUT2D eigenvalue weighted by atomic mass is 10.1. The molecule has 0 saturated carbocycles. The van der Waals surface area contributed by atoms with Gasteiger partial charge in [-0.3, -0.25) is 14.9 Å². The number of nitro benzene ring substituents is 1. The Bertz CT molecular complexity index is 1120. The summed E-state index contributed by atoms with van der Waals surface area (Å²) in [6.07, 6.45) is -1.09. The average Bonchev–Trinajstić information content (AvgIpc) is 2.73. The Hall–Kier alpha value is -3.94. The molecule has 0 fully saturated rings. The summed E-state index contributed by atoms with van der Waals surface area (Å²) in [5.74, 6) is -1.32. The number of carbonyl (C=O) groups is 2. The molecular weight excluding hydrogens is 386 g/mol. The molecule has 3 aromatic carbocycles. The van der Waals surface area contributed by atoms with Crippen molar-refractivity contribution in [1.82, 2.24) is 0 Å². The summed E-state index contributed by atoms with van der Waals surface area (Å²) in [5.41, 5.74) is 0.740. The van der Waals surface area contributed by atoms with Crippen molar-refractivity contribution >= 4 is 39.7 Å². The minimum atomic E-state index is -1.09. The highest BCUT2D eigenvalue weighted by Gasteiger charge is 2.23. The molecule has 0 aliphatic rings. The standard InChI is InChI=1S/C22H21N3O5/c1-14(21(26)23-18-10-6-8-15-7-4-5-9-17(15)18)30-22(27)16-11-12-19(24(2)3)20(13-16)25(28)29/h4-14H,1-3H3,(H,23,26)/t14-/m1/s1. The Balaban J connectivity index is 1.74. The van der Waals surface area contributed by atoms with Crippen LogP contribution in [0.5, 0.6) is 0 Å². The molecule has 0 aliphatic heterocycles. The number of nitro groups is 1. The van der Waals surface area contributed by atoms with Gasteiger partial charge in [-0.25, -0.2) is 4.79 Å². The number of benzene rings is 3. The van der Waals surface area contributed by atoms with Crippen LogP contribution in [0.3, 0.4) is 0 Å². The number of amides is 1. The molecule has 154 valence electrons. The van der Waals surface area contributed by atoms with E-state index in [4.69, 9.17) is 4.74 Å². The number of fused-ring (bicyclic) bond motifs is 1. The normalized spacial score (nSPS) is 11.6. The fourth-order valence-electron chi connectivity index (χ4n) is 3.03. The Morgan fingerprint density at radius 1 is 1.07 bits per heavy atom. The van der Waals surface area contributed by atoms with E-state index in [2.05, 4.69) is 5.32 Å². The molecule has 0 aliphatic carbocycles. The number of nitrogens with one attached hydrogen (secondary N) is 1. The Morgan fingerprint density at radius 3 is 2.47 bits per heavy atom. The van der Waals surface area contributed by atoms with Gasteiger partial charge in [0.05, 0.1) is 10.5 Å². The number of esters is 1. The fourth-order valence-corrected chi connectivity index (χ4v) is 3.03. The third-order valence-electron chi connectivity index (χ3n) is 4.59. The number of rotatable bonds is 6. The van der Waals surface area contributed by atoms with Crippen molar-refractivity contribution in [2.24, 2.45) is 0 Å². The van der Waals surface area contributed by atoms with Crippen LogP contribution in [0, 0.1) is 10.1 Å². The lowest BCUT2D eigenvalue weighted by molar-refractivity contribution is -0.384. The zero-order chi connectivity index (χ0) is 21.8. The van der Waals surface area contributed by atoms with Crippen LogP contribution in [0.1, 0.15) is 17.3 Å². The zero-order valence-corrected chi connectivity index (χ0v) is 16.8. The van der Waals surface area contributed by atoms with Gasteiger partial charge < -0.3 is 15.0 Å². The van der Waals surface area contributed by atoms with E-state index < -0.39 is 22.9 Å².